The van der Waals surface area contributed by atoms with Crippen molar-refractivity contribution in [3.05, 3.63) is 59.6 Å². The Balaban J connectivity index is 1.50. The van der Waals surface area contributed by atoms with Crippen molar-refractivity contribution in [2.75, 3.05) is 27.4 Å². The Morgan fingerprint density at radius 3 is 2.54 bits per heavy atom. The average molecular weight is 399 g/mol. The molecule has 1 heterocycles. The monoisotopic (exact) mass is 399 g/mol. The molecule has 0 radical (unpaired) electrons. The molecule has 6 nitrogen and oxygen atoms in total. The van der Waals surface area contributed by atoms with Gasteiger partial charge in [0.25, 0.3) is 0 Å². The van der Waals surface area contributed by atoms with Crippen LogP contribution in [0.25, 0.3) is 10.6 Å². The number of benzene rings is 2. The molecule has 0 aliphatic rings. The first-order chi connectivity index (χ1) is 13.7. The highest BCUT2D eigenvalue weighted by atomic mass is 32.1. The number of ether oxygens (including phenoxy) is 4. The van der Waals surface area contributed by atoms with Crippen molar-refractivity contribution in [3.63, 3.8) is 0 Å². The van der Waals surface area contributed by atoms with Gasteiger partial charge in [-0.15, -0.1) is 11.3 Å². The predicted octanol–water partition coefficient (Wildman–Crippen LogP) is 3.99. The number of hydrogen-bond donors (Lipinski definition) is 0. The van der Waals surface area contributed by atoms with Crippen LogP contribution in [-0.2, 0) is 16.0 Å². The van der Waals surface area contributed by atoms with Crippen molar-refractivity contribution < 1.29 is 23.7 Å². The smallest absolute Gasteiger partial charge is 0.312 e. The highest BCUT2D eigenvalue weighted by molar-refractivity contribution is 7.13. The number of rotatable bonds is 9. The number of methoxy groups -OCH3 is 2. The van der Waals surface area contributed by atoms with E-state index in [0.717, 1.165) is 16.3 Å². The van der Waals surface area contributed by atoms with Gasteiger partial charge >= 0.3 is 5.97 Å². The van der Waals surface area contributed by atoms with Crippen molar-refractivity contribution >= 4 is 17.3 Å². The third kappa shape index (κ3) is 5.23. The lowest BCUT2D eigenvalue weighted by Gasteiger charge is -2.08. The van der Waals surface area contributed by atoms with E-state index in [-0.39, 0.29) is 19.0 Å². The van der Waals surface area contributed by atoms with Gasteiger partial charge in [0.05, 0.1) is 26.3 Å². The molecule has 3 aromatic rings. The molecule has 7 heteroatoms. The van der Waals surface area contributed by atoms with E-state index in [0.29, 0.717) is 23.8 Å². The number of carbonyl (C=O) groups excluding carboxylic acids is 1. The van der Waals surface area contributed by atoms with Gasteiger partial charge < -0.3 is 18.9 Å². The van der Waals surface area contributed by atoms with Gasteiger partial charge in [-0.2, -0.15) is 0 Å². The maximum Gasteiger partial charge on any atom is 0.312 e. The zero-order valence-corrected chi connectivity index (χ0v) is 16.5. The number of carbonyl (C=O) groups is 1. The molecule has 1 aromatic heterocycles. The van der Waals surface area contributed by atoms with Crippen LogP contribution in [0, 0.1) is 0 Å². The summed E-state index contributed by atoms with van der Waals surface area (Å²) in [7, 11) is 3.18. The van der Waals surface area contributed by atoms with Crippen LogP contribution < -0.4 is 14.2 Å². The van der Waals surface area contributed by atoms with Crippen LogP contribution in [0.4, 0.5) is 0 Å². The molecule has 0 aliphatic carbocycles. The lowest BCUT2D eigenvalue weighted by atomic mass is 10.2. The minimum Gasteiger partial charge on any atom is -0.493 e. The first-order valence-corrected chi connectivity index (χ1v) is 9.58. The summed E-state index contributed by atoms with van der Waals surface area (Å²) in [5.41, 5.74) is 1.57. The SMILES string of the molecule is COc1ccc(-c2nc(CC(=O)OCCOc3ccccc3)cs2)cc1OC. The second-order valence-electron chi connectivity index (χ2n) is 5.77. The van der Waals surface area contributed by atoms with E-state index in [1.165, 1.54) is 11.3 Å². The van der Waals surface area contributed by atoms with Gasteiger partial charge in [-0.3, -0.25) is 4.79 Å². The summed E-state index contributed by atoms with van der Waals surface area (Å²) in [6.45, 7) is 0.504. The topological polar surface area (TPSA) is 66.9 Å². The molecule has 0 amide bonds. The Morgan fingerprint density at radius 1 is 1.00 bits per heavy atom. The van der Waals surface area contributed by atoms with E-state index in [9.17, 15) is 4.79 Å². The normalized spacial score (nSPS) is 10.4. The average Bonchev–Trinajstić information content (AvgIpc) is 3.19. The first kappa shape index (κ1) is 19.7. The molecular weight excluding hydrogens is 378 g/mol. The first-order valence-electron chi connectivity index (χ1n) is 8.70. The number of thiazole rings is 1. The van der Waals surface area contributed by atoms with Crippen molar-refractivity contribution in [2.24, 2.45) is 0 Å². The van der Waals surface area contributed by atoms with E-state index < -0.39 is 0 Å². The Labute approximate surface area is 167 Å². The van der Waals surface area contributed by atoms with Crippen LogP contribution in [0.5, 0.6) is 17.2 Å². The Bertz CT molecular complexity index is 910. The molecule has 0 fully saturated rings. The summed E-state index contributed by atoms with van der Waals surface area (Å²) in [5.74, 6) is 1.71. The predicted molar refractivity (Wildman–Crippen MR) is 107 cm³/mol. The van der Waals surface area contributed by atoms with Gasteiger partial charge in [0.2, 0.25) is 0 Å². The molecule has 0 aliphatic heterocycles. The van der Waals surface area contributed by atoms with Crippen LogP contribution in [0.2, 0.25) is 0 Å². The maximum atomic E-state index is 12.0. The third-order valence-electron chi connectivity index (χ3n) is 3.87. The van der Waals surface area contributed by atoms with Crippen molar-refractivity contribution in [1.82, 2.24) is 4.98 Å². The summed E-state index contributed by atoms with van der Waals surface area (Å²) in [6, 6.07) is 15.0. The fourth-order valence-electron chi connectivity index (χ4n) is 2.52. The lowest BCUT2D eigenvalue weighted by molar-refractivity contribution is -0.143. The van der Waals surface area contributed by atoms with Gasteiger partial charge in [-0.05, 0) is 30.3 Å². The Hall–Kier alpha value is -3.06. The fraction of sp³-hybridized carbons (Fsp3) is 0.238. The van der Waals surface area contributed by atoms with Crippen molar-refractivity contribution in [2.45, 2.75) is 6.42 Å². The standard InChI is InChI=1S/C21H21NO5S/c1-24-18-9-8-15(12-19(18)25-2)21-22-16(14-28-21)13-20(23)27-11-10-26-17-6-4-3-5-7-17/h3-9,12,14H,10-11,13H2,1-2H3. The minimum absolute atomic E-state index is 0.120. The van der Waals surface area contributed by atoms with Gasteiger partial charge in [-0.1, -0.05) is 18.2 Å². The van der Waals surface area contributed by atoms with Gasteiger partial charge in [0, 0.05) is 10.9 Å². The molecular formula is C21H21NO5S. The number of hydrogen-bond acceptors (Lipinski definition) is 7. The summed E-state index contributed by atoms with van der Waals surface area (Å²) in [4.78, 5) is 16.5. The van der Waals surface area contributed by atoms with Gasteiger partial charge in [0.1, 0.15) is 24.0 Å². The molecule has 28 heavy (non-hydrogen) atoms. The number of nitrogens with zero attached hydrogens (tertiary/aromatic N) is 1. The van der Waals surface area contributed by atoms with Crippen LogP contribution >= 0.6 is 11.3 Å². The molecule has 3 rings (SSSR count). The molecule has 0 spiro atoms. The van der Waals surface area contributed by atoms with Gasteiger partial charge in [-0.25, -0.2) is 4.98 Å². The molecule has 146 valence electrons. The second kappa shape index (κ2) is 9.75. The Morgan fingerprint density at radius 2 is 1.79 bits per heavy atom. The van der Waals surface area contributed by atoms with E-state index >= 15 is 0 Å². The van der Waals surface area contributed by atoms with Crippen LogP contribution in [-0.4, -0.2) is 38.4 Å². The highest BCUT2D eigenvalue weighted by Crippen LogP contribution is 2.33. The molecule has 2 aromatic carbocycles. The highest BCUT2D eigenvalue weighted by Gasteiger charge is 2.12. The minimum atomic E-state index is -0.333. The molecule has 0 bridgehead atoms. The Kier molecular flexibility index (Phi) is 6.86. The van der Waals surface area contributed by atoms with Crippen molar-refractivity contribution in [3.8, 4) is 27.8 Å². The molecule has 0 saturated heterocycles. The number of aromatic nitrogens is 1. The quantitative estimate of drug-likeness (QED) is 0.400. The fourth-order valence-corrected chi connectivity index (χ4v) is 3.34. The summed E-state index contributed by atoms with van der Waals surface area (Å²) in [6.07, 6.45) is 0.120. The summed E-state index contributed by atoms with van der Waals surface area (Å²) < 4.78 is 21.3. The zero-order chi connectivity index (χ0) is 19.8. The summed E-state index contributed by atoms with van der Waals surface area (Å²) >= 11 is 1.46. The number of para-hydroxylation sites is 1. The van der Waals surface area contributed by atoms with Crippen molar-refractivity contribution in [1.29, 1.82) is 0 Å². The molecule has 0 unspecified atom stereocenters. The zero-order valence-electron chi connectivity index (χ0n) is 15.7. The second-order valence-corrected chi connectivity index (χ2v) is 6.63. The largest absolute Gasteiger partial charge is 0.493 e. The van der Waals surface area contributed by atoms with Gasteiger partial charge in [0.15, 0.2) is 11.5 Å². The van der Waals surface area contributed by atoms with E-state index in [1.54, 1.807) is 14.2 Å². The van der Waals surface area contributed by atoms with Crippen LogP contribution in [0.15, 0.2) is 53.9 Å². The third-order valence-corrected chi connectivity index (χ3v) is 4.81. The van der Waals surface area contributed by atoms with E-state index in [4.69, 9.17) is 18.9 Å². The van der Waals surface area contributed by atoms with E-state index in [1.807, 2.05) is 53.9 Å². The molecule has 0 saturated carbocycles. The van der Waals surface area contributed by atoms with E-state index in [2.05, 4.69) is 4.98 Å². The van der Waals surface area contributed by atoms with Crippen LogP contribution in [0.1, 0.15) is 5.69 Å². The molecule has 0 N–H and O–H groups in total. The maximum absolute atomic E-state index is 12.0. The number of esters is 1. The lowest BCUT2D eigenvalue weighted by Crippen LogP contribution is -2.14. The van der Waals surface area contributed by atoms with Crippen LogP contribution in [0.3, 0.4) is 0 Å². The molecule has 0 atom stereocenters. The summed E-state index contributed by atoms with van der Waals surface area (Å²) in [5, 5.41) is 2.66.